The van der Waals surface area contributed by atoms with Gasteiger partial charge in [0.2, 0.25) is 0 Å². The summed E-state index contributed by atoms with van der Waals surface area (Å²) in [6, 6.07) is 11.3. The summed E-state index contributed by atoms with van der Waals surface area (Å²) in [5, 5.41) is 18.8. The molecule has 0 radical (unpaired) electrons. The van der Waals surface area contributed by atoms with Crippen molar-refractivity contribution in [3.05, 3.63) is 71.8 Å². The third-order valence-corrected chi connectivity index (χ3v) is 3.88. The number of aromatic hydroxyl groups is 2. The molecule has 0 saturated carbocycles. The fourth-order valence-corrected chi connectivity index (χ4v) is 2.55. The number of rotatable bonds is 4. The summed E-state index contributed by atoms with van der Waals surface area (Å²) in [7, 11) is 0. The van der Waals surface area contributed by atoms with Crippen LogP contribution in [0, 0.1) is 0 Å². The van der Waals surface area contributed by atoms with Crippen LogP contribution in [-0.2, 0) is 14.4 Å². The van der Waals surface area contributed by atoms with Crippen LogP contribution in [0.5, 0.6) is 17.2 Å². The van der Waals surface area contributed by atoms with Crippen LogP contribution in [0.25, 0.3) is 5.70 Å². The molecular weight excluding hydrogens is 350 g/mol. The molecule has 136 valence electrons. The first-order valence-corrected chi connectivity index (χ1v) is 7.94. The number of benzene rings is 2. The summed E-state index contributed by atoms with van der Waals surface area (Å²) >= 11 is 0. The van der Waals surface area contributed by atoms with E-state index in [-0.39, 0.29) is 28.5 Å². The summed E-state index contributed by atoms with van der Waals surface area (Å²) < 4.78 is 5.26. The van der Waals surface area contributed by atoms with E-state index in [1.54, 1.807) is 0 Å². The largest absolute Gasteiger partial charge is 0.508 e. The smallest absolute Gasteiger partial charge is 0.341 e. The molecule has 7 nitrogen and oxygen atoms in total. The quantitative estimate of drug-likeness (QED) is 0.373. The summed E-state index contributed by atoms with van der Waals surface area (Å²) in [6.45, 7) is 1.43. The van der Waals surface area contributed by atoms with Gasteiger partial charge in [0.25, 0.3) is 11.8 Å². The fraction of sp³-hybridized carbons (Fsp3) is 0.0500. The van der Waals surface area contributed by atoms with Gasteiger partial charge in [-0.25, -0.2) is 9.69 Å². The van der Waals surface area contributed by atoms with Gasteiger partial charge in [-0.15, -0.1) is 0 Å². The number of imide groups is 1. The number of amides is 2. The number of ether oxygens (including phenoxy) is 1. The van der Waals surface area contributed by atoms with Gasteiger partial charge in [-0.2, -0.15) is 0 Å². The zero-order valence-corrected chi connectivity index (χ0v) is 14.2. The van der Waals surface area contributed by atoms with E-state index in [1.165, 1.54) is 55.5 Å². The van der Waals surface area contributed by atoms with Crippen LogP contribution >= 0.6 is 0 Å². The molecule has 0 bridgehead atoms. The van der Waals surface area contributed by atoms with Crippen LogP contribution in [0.3, 0.4) is 0 Å². The molecule has 0 aliphatic carbocycles. The van der Waals surface area contributed by atoms with E-state index < -0.39 is 17.8 Å². The minimum absolute atomic E-state index is 0.000349. The van der Waals surface area contributed by atoms with Crippen molar-refractivity contribution in [2.24, 2.45) is 0 Å². The highest BCUT2D eigenvalue weighted by atomic mass is 16.5. The van der Waals surface area contributed by atoms with Gasteiger partial charge >= 0.3 is 5.97 Å². The van der Waals surface area contributed by atoms with Crippen molar-refractivity contribution >= 4 is 23.5 Å². The predicted octanol–water partition coefficient (Wildman–Crippen LogP) is 2.36. The molecule has 27 heavy (non-hydrogen) atoms. The van der Waals surface area contributed by atoms with E-state index in [9.17, 15) is 24.6 Å². The lowest BCUT2D eigenvalue weighted by atomic mass is 10.1. The van der Waals surface area contributed by atoms with E-state index in [1.807, 2.05) is 0 Å². The van der Waals surface area contributed by atoms with Crippen molar-refractivity contribution in [1.82, 2.24) is 4.90 Å². The Morgan fingerprint density at radius 1 is 0.852 bits per heavy atom. The van der Waals surface area contributed by atoms with Crippen LogP contribution in [0.15, 0.2) is 66.3 Å². The van der Waals surface area contributed by atoms with Gasteiger partial charge in [0, 0.05) is 12.2 Å². The van der Waals surface area contributed by atoms with Gasteiger partial charge in [-0.1, -0.05) is 0 Å². The Morgan fingerprint density at radius 3 is 1.85 bits per heavy atom. The topological polar surface area (TPSA) is 104 Å². The van der Waals surface area contributed by atoms with Crippen molar-refractivity contribution in [3.8, 4) is 17.2 Å². The number of nitrogens with zero attached hydrogens (tertiary/aromatic N) is 1. The minimum atomic E-state index is -0.767. The van der Waals surface area contributed by atoms with Crippen molar-refractivity contribution < 1.29 is 29.3 Å². The molecule has 0 unspecified atom stereocenters. The standard InChI is InChI=1S/C20H15NO6/c1-12(20(26)27-16-8-6-15(23)7-9-16)19(13-2-4-14(22)5-3-13)21-17(24)10-11-18(21)25/h2-11,22-23H,1H3. The number of phenols is 2. The predicted molar refractivity (Wildman–Crippen MR) is 95.4 cm³/mol. The number of carbonyl (C=O) groups excluding carboxylic acids is 3. The van der Waals surface area contributed by atoms with Crippen molar-refractivity contribution in [1.29, 1.82) is 0 Å². The zero-order chi connectivity index (χ0) is 19.6. The molecule has 0 atom stereocenters. The number of hydrogen-bond acceptors (Lipinski definition) is 6. The van der Waals surface area contributed by atoms with Crippen LogP contribution in [0.4, 0.5) is 0 Å². The van der Waals surface area contributed by atoms with Crippen LogP contribution < -0.4 is 4.74 Å². The Kier molecular flexibility index (Phi) is 4.76. The van der Waals surface area contributed by atoms with Gasteiger partial charge in [-0.05, 0) is 61.0 Å². The average molecular weight is 365 g/mol. The third kappa shape index (κ3) is 3.72. The molecule has 3 rings (SSSR count). The number of carbonyl (C=O) groups is 3. The van der Waals surface area contributed by atoms with Gasteiger partial charge in [0.05, 0.1) is 11.3 Å². The highest BCUT2D eigenvalue weighted by Gasteiger charge is 2.31. The van der Waals surface area contributed by atoms with E-state index in [0.717, 1.165) is 17.1 Å². The Labute approximate surface area is 154 Å². The van der Waals surface area contributed by atoms with E-state index in [2.05, 4.69) is 0 Å². The molecule has 2 amide bonds. The summed E-state index contributed by atoms with van der Waals surface area (Å²) in [6.07, 6.45) is 2.22. The lowest BCUT2D eigenvalue weighted by Crippen LogP contribution is -2.30. The molecule has 7 heteroatoms. The summed E-state index contributed by atoms with van der Waals surface area (Å²) in [5.41, 5.74) is 0.483. The highest BCUT2D eigenvalue weighted by molar-refractivity contribution is 6.20. The SMILES string of the molecule is CC(C(=O)Oc1ccc(O)cc1)=C(c1ccc(O)cc1)N1C(=O)C=CC1=O. The summed E-state index contributed by atoms with van der Waals surface area (Å²) in [5.74, 6) is -1.72. The van der Waals surface area contributed by atoms with Crippen molar-refractivity contribution in [2.75, 3.05) is 0 Å². The van der Waals surface area contributed by atoms with Gasteiger partial charge in [0.1, 0.15) is 17.2 Å². The van der Waals surface area contributed by atoms with E-state index >= 15 is 0 Å². The molecule has 1 aliphatic heterocycles. The Morgan fingerprint density at radius 2 is 1.33 bits per heavy atom. The van der Waals surface area contributed by atoms with Gasteiger partial charge < -0.3 is 14.9 Å². The Hall–Kier alpha value is -3.87. The van der Waals surface area contributed by atoms with E-state index in [4.69, 9.17) is 4.74 Å². The highest BCUT2D eigenvalue weighted by Crippen LogP contribution is 2.29. The average Bonchev–Trinajstić information content (AvgIpc) is 2.97. The first kappa shape index (κ1) is 17.9. The van der Waals surface area contributed by atoms with Gasteiger partial charge in [-0.3, -0.25) is 9.59 Å². The number of esters is 1. The maximum absolute atomic E-state index is 12.6. The molecule has 0 aromatic heterocycles. The third-order valence-electron chi connectivity index (χ3n) is 3.88. The fourth-order valence-electron chi connectivity index (χ4n) is 2.55. The van der Waals surface area contributed by atoms with Gasteiger partial charge in [0.15, 0.2) is 0 Å². The second kappa shape index (κ2) is 7.17. The second-order valence-corrected chi connectivity index (χ2v) is 5.75. The Bertz CT molecular complexity index is 953. The molecular formula is C20H15NO6. The lowest BCUT2D eigenvalue weighted by Gasteiger charge is -2.21. The molecule has 1 heterocycles. The molecule has 2 aromatic rings. The van der Waals surface area contributed by atoms with Crippen molar-refractivity contribution in [3.63, 3.8) is 0 Å². The molecule has 0 saturated heterocycles. The summed E-state index contributed by atoms with van der Waals surface area (Å²) in [4.78, 5) is 37.8. The minimum Gasteiger partial charge on any atom is -0.508 e. The number of phenolic OH excluding ortho intramolecular Hbond substituents is 2. The molecule has 2 aromatic carbocycles. The second-order valence-electron chi connectivity index (χ2n) is 5.75. The van der Waals surface area contributed by atoms with E-state index in [0.29, 0.717) is 5.56 Å². The van der Waals surface area contributed by atoms with Crippen LogP contribution in [0.2, 0.25) is 0 Å². The van der Waals surface area contributed by atoms with Crippen LogP contribution in [0.1, 0.15) is 12.5 Å². The molecule has 0 fully saturated rings. The maximum Gasteiger partial charge on any atom is 0.341 e. The monoisotopic (exact) mass is 365 g/mol. The maximum atomic E-state index is 12.6. The molecule has 0 spiro atoms. The molecule has 2 N–H and O–H groups in total. The Balaban J connectivity index is 2.03. The molecule has 1 aliphatic rings. The first-order chi connectivity index (χ1) is 12.9. The normalized spacial score (nSPS) is 14.3. The van der Waals surface area contributed by atoms with Crippen LogP contribution in [-0.4, -0.2) is 32.9 Å². The first-order valence-electron chi connectivity index (χ1n) is 7.94. The lowest BCUT2D eigenvalue weighted by molar-refractivity contribution is -0.132. The zero-order valence-electron chi connectivity index (χ0n) is 14.2. The van der Waals surface area contributed by atoms with Crippen molar-refractivity contribution in [2.45, 2.75) is 6.92 Å². The number of hydrogen-bond donors (Lipinski definition) is 2.